The number of nitrogen functional groups attached to an aromatic ring is 1. The predicted molar refractivity (Wildman–Crippen MR) is 300 cm³/mol. The maximum atomic E-state index is 12.2. The zero-order chi connectivity index (χ0) is 53.3. The quantitative estimate of drug-likeness (QED) is 0.0193. The van der Waals surface area contributed by atoms with Crippen molar-refractivity contribution in [3.05, 3.63) is 53.1 Å². The topological polar surface area (TPSA) is 235 Å². The maximum Gasteiger partial charge on any atom is 0.507 e. The van der Waals surface area contributed by atoms with Crippen molar-refractivity contribution in [3.8, 4) is 0 Å². The number of aliphatic hydroxyl groups excluding tert-OH is 3. The lowest BCUT2D eigenvalue weighted by molar-refractivity contribution is 0.0326. The van der Waals surface area contributed by atoms with E-state index in [1.54, 1.807) is 0 Å². The number of rotatable bonds is 41. The predicted octanol–water partition coefficient (Wildman–Crippen LogP) is 4.51. The van der Waals surface area contributed by atoms with Gasteiger partial charge in [-0.1, -0.05) is 50.2 Å². The van der Waals surface area contributed by atoms with Crippen LogP contribution in [-0.2, 0) is 48.2 Å². The minimum absolute atomic E-state index is 0.0111. The summed E-state index contributed by atoms with van der Waals surface area (Å²) in [7, 11) is -10.5. The molecular formula is C49H98N6O11Si5. The van der Waals surface area contributed by atoms with E-state index in [0.29, 0.717) is 65.2 Å². The highest BCUT2D eigenvalue weighted by molar-refractivity contribution is 6.94. The maximum absolute atomic E-state index is 12.2. The molecule has 0 heterocycles. The number of benzene rings is 2. The third-order valence-corrected chi connectivity index (χ3v) is 28.4. The molecule has 410 valence electrons. The van der Waals surface area contributed by atoms with Gasteiger partial charge >= 0.3 is 17.4 Å². The highest BCUT2D eigenvalue weighted by Gasteiger charge is 2.55. The standard InChI is InChI=1S/C49H98N6O11Si5/c1-15-42-28-43(16-2)48(41(7)47(42)51)55-49(58)69(11,12)65-71(46-22-18-17-19-23-46,63-67-26-20-24-59-35-44(56)29-53-39(5)33-61-31-37(3)50)66-70(13,14)64-68(9,10)27-21-25-60-36-45(57)30-54-40(6)34-62-32-38(4)52-8/h17-19,22-23,28,37-40,44-45,49,52-58H,15-16,20-21,24-27,29-36,50-51H2,1-14H3. The van der Waals surface area contributed by atoms with E-state index in [0.717, 1.165) is 58.6 Å². The van der Waals surface area contributed by atoms with Gasteiger partial charge in [0, 0.05) is 67.0 Å². The third kappa shape index (κ3) is 25.7. The molecular weight excluding hydrogens is 989 g/mol. The fourth-order valence-corrected chi connectivity index (χ4v) is 26.3. The molecule has 8 unspecified atom stereocenters. The number of nitrogens with two attached hydrogens (primary N) is 2. The molecule has 17 nitrogen and oxygen atoms in total. The van der Waals surface area contributed by atoms with Crippen LogP contribution in [0.1, 0.15) is 71.1 Å². The first-order valence-corrected chi connectivity index (χ1v) is 37.6. The Morgan fingerprint density at radius 2 is 1.24 bits per heavy atom. The summed E-state index contributed by atoms with van der Waals surface area (Å²) >= 11 is 0. The zero-order valence-corrected chi connectivity index (χ0v) is 51.1. The lowest BCUT2D eigenvalue weighted by Gasteiger charge is -2.44. The van der Waals surface area contributed by atoms with Gasteiger partial charge in [0.25, 0.3) is 0 Å². The van der Waals surface area contributed by atoms with Crippen LogP contribution in [0, 0.1) is 6.92 Å². The van der Waals surface area contributed by atoms with Crippen LogP contribution >= 0.6 is 0 Å². The first-order chi connectivity index (χ1) is 33.4. The third-order valence-electron chi connectivity index (χ3n) is 11.8. The van der Waals surface area contributed by atoms with Gasteiger partial charge in [-0.25, -0.2) is 0 Å². The molecule has 11 N–H and O–H groups in total. The van der Waals surface area contributed by atoms with Crippen LogP contribution in [0.2, 0.25) is 51.4 Å². The SMILES string of the molecule is CCc1cc(CC)c(NC(O)[Si](C)(C)O[Si](O[Si]CCCOCC(O)CNC(C)COCC(C)N)(O[Si](C)(C)O[Si](C)(C)CCCOCC(O)CNC(C)COCC(C)NC)c2ccccc2)c(C)c1N. The number of aliphatic hydroxyl groups is 3. The molecule has 0 aliphatic rings. The van der Waals surface area contributed by atoms with Crippen molar-refractivity contribution >= 4 is 60.3 Å². The van der Waals surface area contributed by atoms with Crippen molar-refractivity contribution in [2.75, 3.05) is 84.0 Å². The highest BCUT2D eigenvalue weighted by Crippen LogP contribution is 2.33. The van der Waals surface area contributed by atoms with Gasteiger partial charge in [0.15, 0.2) is 8.32 Å². The van der Waals surface area contributed by atoms with Gasteiger partial charge in [-0.2, -0.15) is 0 Å². The normalized spacial score (nSPS) is 16.5. The summed E-state index contributed by atoms with van der Waals surface area (Å²) in [5.74, 6) is -1.05. The Bertz CT molecular complexity index is 1750. The summed E-state index contributed by atoms with van der Waals surface area (Å²) < 4.78 is 52.0. The molecule has 2 rings (SSSR count). The zero-order valence-electron chi connectivity index (χ0n) is 46.1. The minimum Gasteiger partial charge on any atom is -0.436 e. The summed E-state index contributed by atoms with van der Waals surface area (Å²) in [6.45, 7) is 31.0. The molecule has 0 spiro atoms. The largest absolute Gasteiger partial charge is 0.507 e. The molecule has 0 fully saturated rings. The molecule has 2 radical (unpaired) electrons. The molecule has 0 aromatic heterocycles. The van der Waals surface area contributed by atoms with Gasteiger partial charge in [0.1, 0.15) is 5.85 Å². The number of ether oxygens (including phenoxy) is 4. The van der Waals surface area contributed by atoms with Gasteiger partial charge in [-0.05, 0) is 135 Å². The number of anilines is 2. The van der Waals surface area contributed by atoms with E-state index in [4.69, 9.17) is 46.9 Å². The molecule has 2 aromatic rings. The summed E-state index contributed by atoms with van der Waals surface area (Å²) in [6, 6.07) is 13.9. The smallest absolute Gasteiger partial charge is 0.436 e. The molecule has 0 bridgehead atoms. The highest BCUT2D eigenvalue weighted by atomic mass is 28.5. The second-order valence-electron chi connectivity index (χ2n) is 20.6. The molecule has 8 atom stereocenters. The molecule has 0 saturated carbocycles. The van der Waals surface area contributed by atoms with E-state index in [9.17, 15) is 15.3 Å². The number of hydrogen-bond acceptors (Lipinski definition) is 17. The lowest BCUT2D eigenvalue weighted by atomic mass is 9.98. The van der Waals surface area contributed by atoms with Crippen molar-refractivity contribution in [2.24, 2.45) is 5.73 Å². The molecule has 71 heavy (non-hydrogen) atoms. The molecule has 0 saturated heterocycles. The number of aryl methyl sites for hydroxylation is 2. The van der Waals surface area contributed by atoms with Gasteiger partial charge in [0.2, 0.25) is 18.1 Å². The molecule has 0 aliphatic heterocycles. The van der Waals surface area contributed by atoms with Crippen molar-refractivity contribution in [2.45, 2.75) is 168 Å². The number of likely N-dealkylation sites (N-methyl/N-ethyl adjacent to an activating group) is 1. The van der Waals surface area contributed by atoms with Crippen LogP contribution in [0.4, 0.5) is 11.4 Å². The van der Waals surface area contributed by atoms with Crippen LogP contribution in [0.25, 0.3) is 0 Å². The first-order valence-electron chi connectivity index (χ1n) is 25.9. The van der Waals surface area contributed by atoms with Crippen molar-refractivity contribution < 1.29 is 50.7 Å². The Kier molecular flexibility index (Phi) is 31.0. The Balaban J connectivity index is 2.23. The molecule has 0 aliphatic carbocycles. The number of hydrogen-bond donors (Lipinski definition) is 9. The monoisotopic (exact) mass is 1090 g/mol. The van der Waals surface area contributed by atoms with Gasteiger partial charge in [-0.3, -0.25) is 0 Å². The summed E-state index contributed by atoms with van der Waals surface area (Å²) in [5.41, 5.74) is 17.0. The Morgan fingerprint density at radius 1 is 0.690 bits per heavy atom. The fourth-order valence-electron chi connectivity index (χ4n) is 7.68. The molecule has 0 amide bonds. The second kappa shape index (κ2) is 33.5. The van der Waals surface area contributed by atoms with E-state index < -0.39 is 52.1 Å². The van der Waals surface area contributed by atoms with Gasteiger partial charge < -0.3 is 83.5 Å². The minimum atomic E-state index is -3.86. The molecule has 22 heteroatoms. The van der Waals surface area contributed by atoms with Crippen LogP contribution < -0.4 is 37.9 Å². The van der Waals surface area contributed by atoms with E-state index >= 15 is 0 Å². The fraction of sp³-hybridized carbons (Fsp3) is 0.755. The average Bonchev–Trinajstić information content (AvgIpc) is 3.30. The van der Waals surface area contributed by atoms with Crippen LogP contribution in [-0.4, -0.2) is 174 Å². The average molecular weight is 1090 g/mol. The second-order valence-corrected chi connectivity index (χ2v) is 36.9. The lowest BCUT2D eigenvalue weighted by Crippen LogP contribution is -2.69. The van der Waals surface area contributed by atoms with E-state index in [-0.39, 0.29) is 47.1 Å². The number of nitrogens with one attached hydrogen (secondary N) is 4. The summed E-state index contributed by atoms with van der Waals surface area (Å²) in [6.07, 6.45) is 1.74. The Morgan fingerprint density at radius 3 is 1.79 bits per heavy atom. The summed E-state index contributed by atoms with van der Waals surface area (Å²) in [5, 5.41) is 47.4. The van der Waals surface area contributed by atoms with E-state index in [1.807, 2.05) is 78.2 Å². The van der Waals surface area contributed by atoms with Crippen LogP contribution in [0.5, 0.6) is 0 Å². The van der Waals surface area contributed by atoms with Crippen LogP contribution in [0.15, 0.2) is 36.4 Å². The van der Waals surface area contributed by atoms with E-state index in [2.05, 4.69) is 74.3 Å². The van der Waals surface area contributed by atoms with Gasteiger partial charge in [-0.15, -0.1) is 0 Å². The first kappa shape index (κ1) is 65.6. The van der Waals surface area contributed by atoms with Crippen LogP contribution in [0.3, 0.4) is 0 Å². The molecule has 2 aromatic carbocycles. The van der Waals surface area contributed by atoms with Gasteiger partial charge in [0.05, 0.1) is 51.8 Å². The van der Waals surface area contributed by atoms with Crippen molar-refractivity contribution in [1.82, 2.24) is 16.0 Å². The Labute approximate surface area is 435 Å². The van der Waals surface area contributed by atoms with E-state index in [1.165, 1.54) is 0 Å². The van der Waals surface area contributed by atoms with Crippen molar-refractivity contribution in [1.29, 1.82) is 0 Å². The Hall–Kier alpha value is -1.48. The van der Waals surface area contributed by atoms with Crippen molar-refractivity contribution in [3.63, 3.8) is 0 Å². The summed E-state index contributed by atoms with van der Waals surface area (Å²) in [4.78, 5) is 0.